The van der Waals surface area contributed by atoms with E-state index in [-0.39, 0.29) is 6.61 Å². The van der Waals surface area contributed by atoms with Gasteiger partial charge in [0.25, 0.3) is 0 Å². The predicted molar refractivity (Wildman–Crippen MR) is 130 cm³/mol. The molecule has 3 atom stereocenters. The molecule has 0 bridgehead atoms. The Morgan fingerprint density at radius 3 is 1.76 bits per heavy atom. The van der Waals surface area contributed by atoms with Gasteiger partial charge in [0, 0.05) is 11.8 Å². The zero-order chi connectivity index (χ0) is 23.4. The molecule has 0 unspecified atom stereocenters. The second kappa shape index (κ2) is 12.8. The molecule has 0 aliphatic heterocycles. The van der Waals surface area contributed by atoms with E-state index in [1.54, 1.807) is 12.4 Å². The van der Waals surface area contributed by atoms with Gasteiger partial charge in [0.1, 0.15) is 18.3 Å². The van der Waals surface area contributed by atoms with Gasteiger partial charge in [0.05, 0.1) is 32.6 Å². The number of hydrogen-bond donors (Lipinski definition) is 2. The zero-order valence-electron chi connectivity index (χ0n) is 19.0. The van der Waals surface area contributed by atoms with E-state index in [9.17, 15) is 5.11 Å². The number of nitrogens with zero attached hydrogens (tertiary/aromatic N) is 1. The number of aliphatic hydroxyl groups is 1. The molecule has 6 nitrogen and oxygen atoms in total. The number of nitrogens with one attached hydrogen (secondary N) is 1. The van der Waals surface area contributed by atoms with Gasteiger partial charge in [-0.3, -0.25) is 5.10 Å². The minimum atomic E-state index is -0.914. The van der Waals surface area contributed by atoms with Gasteiger partial charge < -0.3 is 19.3 Å². The maximum atomic E-state index is 11.2. The molecule has 6 heteroatoms. The van der Waals surface area contributed by atoms with Crippen LogP contribution in [0.1, 0.15) is 28.4 Å². The van der Waals surface area contributed by atoms with Gasteiger partial charge in [-0.1, -0.05) is 91.0 Å². The largest absolute Gasteiger partial charge is 0.388 e. The van der Waals surface area contributed by atoms with Crippen molar-refractivity contribution in [1.29, 1.82) is 0 Å². The fourth-order valence-corrected chi connectivity index (χ4v) is 3.69. The average molecular weight is 459 g/mol. The fraction of sp³-hybridized carbons (Fsp3) is 0.250. The molecule has 1 heterocycles. The summed E-state index contributed by atoms with van der Waals surface area (Å²) in [5.41, 5.74) is 3.89. The summed E-state index contributed by atoms with van der Waals surface area (Å²) in [6.07, 6.45) is 1.34. The summed E-state index contributed by atoms with van der Waals surface area (Å²) < 4.78 is 18.4. The van der Waals surface area contributed by atoms with E-state index in [1.165, 1.54) is 0 Å². The lowest BCUT2D eigenvalue weighted by atomic mass is 10.0. The number of aliphatic hydroxyl groups excluding tert-OH is 1. The van der Waals surface area contributed by atoms with Gasteiger partial charge in [-0.05, 0) is 16.7 Å². The summed E-state index contributed by atoms with van der Waals surface area (Å²) in [5, 5.41) is 18.1. The second-order valence-electron chi connectivity index (χ2n) is 8.08. The summed E-state index contributed by atoms with van der Waals surface area (Å²) in [6.45, 7) is 1.23. The Morgan fingerprint density at radius 2 is 1.24 bits per heavy atom. The highest BCUT2D eigenvalue weighted by atomic mass is 16.6. The van der Waals surface area contributed by atoms with Crippen LogP contribution < -0.4 is 0 Å². The van der Waals surface area contributed by atoms with Crippen LogP contribution in [0.15, 0.2) is 103 Å². The first-order valence-corrected chi connectivity index (χ1v) is 11.4. The molecule has 2 N–H and O–H groups in total. The van der Waals surface area contributed by atoms with E-state index < -0.39 is 18.3 Å². The standard InChI is InChI=1S/C28H30N2O4/c31-26(21-32-18-22-10-4-1-5-11-22)28(34-20-24-14-8-3-9-15-24)27(25-16-29-30-17-25)33-19-23-12-6-2-7-13-23/h1-17,26-28,31H,18-21H2,(H,29,30)/t26-,27-,28-/m1/s1. The Labute approximate surface area is 200 Å². The van der Waals surface area contributed by atoms with Gasteiger partial charge >= 0.3 is 0 Å². The van der Waals surface area contributed by atoms with Crippen LogP contribution in [0.5, 0.6) is 0 Å². The zero-order valence-corrected chi connectivity index (χ0v) is 19.0. The van der Waals surface area contributed by atoms with Crippen LogP contribution in [0.4, 0.5) is 0 Å². The van der Waals surface area contributed by atoms with E-state index >= 15 is 0 Å². The number of aromatic nitrogens is 2. The highest BCUT2D eigenvalue weighted by Crippen LogP contribution is 2.28. The highest BCUT2D eigenvalue weighted by Gasteiger charge is 2.32. The maximum Gasteiger partial charge on any atom is 0.116 e. The van der Waals surface area contributed by atoms with Crippen LogP contribution in [-0.4, -0.2) is 34.1 Å². The topological polar surface area (TPSA) is 76.6 Å². The molecule has 0 fully saturated rings. The lowest BCUT2D eigenvalue weighted by Crippen LogP contribution is -2.39. The minimum Gasteiger partial charge on any atom is -0.388 e. The van der Waals surface area contributed by atoms with Crippen molar-refractivity contribution in [1.82, 2.24) is 10.2 Å². The fourth-order valence-electron chi connectivity index (χ4n) is 3.69. The molecule has 0 aliphatic rings. The number of aromatic amines is 1. The summed E-state index contributed by atoms with van der Waals surface area (Å²) in [5.74, 6) is 0. The highest BCUT2D eigenvalue weighted by molar-refractivity contribution is 5.16. The average Bonchev–Trinajstić information content (AvgIpc) is 3.42. The third kappa shape index (κ3) is 7.10. The lowest BCUT2D eigenvalue weighted by Gasteiger charge is -2.30. The van der Waals surface area contributed by atoms with Crippen molar-refractivity contribution in [3.05, 3.63) is 126 Å². The number of benzene rings is 3. The van der Waals surface area contributed by atoms with E-state index in [4.69, 9.17) is 14.2 Å². The predicted octanol–water partition coefficient (Wildman–Crippen LogP) is 4.83. The van der Waals surface area contributed by atoms with Crippen molar-refractivity contribution in [2.75, 3.05) is 6.61 Å². The van der Waals surface area contributed by atoms with Crippen molar-refractivity contribution in [3.8, 4) is 0 Å². The maximum absolute atomic E-state index is 11.2. The van der Waals surface area contributed by atoms with Crippen LogP contribution in [0.2, 0.25) is 0 Å². The van der Waals surface area contributed by atoms with Gasteiger partial charge in [0.15, 0.2) is 0 Å². The quantitative estimate of drug-likeness (QED) is 0.300. The van der Waals surface area contributed by atoms with E-state index in [0.717, 1.165) is 22.3 Å². The number of hydrogen-bond acceptors (Lipinski definition) is 5. The Hall–Kier alpha value is -3.29. The second-order valence-corrected chi connectivity index (χ2v) is 8.08. The van der Waals surface area contributed by atoms with Crippen molar-refractivity contribution in [2.45, 2.75) is 38.1 Å². The third-order valence-electron chi connectivity index (χ3n) is 5.48. The van der Waals surface area contributed by atoms with E-state index in [1.807, 2.05) is 91.0 Å². The molecule has 0 saturated heterocycles. The molecule has 0 amide bonds. The van der Waals surface area contributed by atoms with Crippen LogP contribution in [-0.2, 0) is 34.0 Å². The molecule has 176 valence electrons. The Balaban J connectivity index is 1.48. The number of H-pyrrole nitrogens is 1. The van der Waals surface area contributed by atoms with Crippen LogP contribution >= 0.6 is 0 Å². The summed E-state index contributed by atoms with van der Waals surface area (Å²) in [7, 11) is 0. The minimum absolute atomic E-state index is 0.109. The van der Waals surface area contributed by atoms with Crippen LogP contribution in [0.25, 0.3) is 0 Å². The van der Waals surface area contributed by atoms with E-state index in [2.05, 4.69) is 10.2 Å². The molecular weight excluding hydrogens is 428 g/mol. The molecular formula is C28H30N2O4. The Bertz CT molecular complexity index is 1060. The molecule has 0 aliphatic carbocycles. The SMILES string of the molecule is O[C@H](COCc1ccccc1)[C@@H](OCc1ccccc1)[C@H](OCc1ccccc1)c1cn[nH]c1. The first-order chi connectivity index (χ1) is 16.8. The first kappa shape index (κ1) is 23.9. The Kier molecular flexibility index (Phi) is 8.99. The molecule has 0 radical (unpaired) electrons. The smallest absolute Gasteiger partial charge is 0.116 e. The van der Waals surface area contributed by atoms with Crippen LogP contribution in [0.3, 0.4) is 0 Å². The monoisotopic (exact) mass is 458 g/mol. The van der Waals surface area contributed by atoms with Crippen molar-refractivity contribution < 1.29 is 19.3 Å². The normalized spacial score (nSPS) is 13.9. The summed E-state index contributed by atoms with van der Waals surface area (Å²) in [6, 6.07) is 29.7. The molecule has 4 rings (SSSR count). The third-order valence-corrected chi connectivity index (χ3v) is 5.48. The van der Waals surface area contributed by atoms with E-state index in [0.29, 0.717) is 19.8 Å². The first-order valence-electron chi connectivity index (χ1n) is 11.4. The summed E-state index contributed by atoms with van der Waals surface area (Å²) in [4.78, 5) is 0. The molecule has 0 saturated carbocycles. The van der Waals surface area contributed by atoms with Crippen molar-refractivity contribution in [3.63, 3.8) is 0 Å². The Morgan fingerprint density at radius 1 is 0.706 bits per heavy atom. The van der Waals surface area contributed by atoms with Crippen molar-refractivity contribution >= 4 is 0 Å². The molecule has 1 aromatic heterocycles. The summed E-state index contributed by atoms with van der Waals surface area (Å²) >= 11 is 0. The van der Waals surface area contributed by atoms with Crippen LogP contribution in [0, 0.1) is 0 Å². The van der Waals surface area contributed by atoms with Crippen molar-refractivity contribution in [2.24, 2.45) is 0 Å². The molecule has 34 heavy (non-hydrogen) atoms. The van der Waals surface area contributed by atoms with Gasteiger partial charge in [0.2, 0.25) is 0 Å². The van der Waals surface area contributed by atoms with Gasteiger partial charge in [-0.15, -0.1) is 0 Å². The lowest BCUT2D eigenvalue weighted by molar-refractivity contribution is -0.149. The number of rotatable bonds is 13. The molecule has 0 spiro atoms. The molecule has 4 aromatic rings. The van der Waals surface area contributed by atoms with Gasteiger partial charge in [-0.2, -0.15) is 5.10 Å². The van der Waals surface area contributed by atoms with Gasteiger partial charge in [-0.25, -0.2) is 0 Å². The number of ether oxygens (including phenoxy) is 3. The molecule has 3 aromatic carbocycles.